The zero-order valence-corrected chi connectivity index (χ0v) is 15.1. The SMILES string of the molecule is Nc1nn(C(=O)c2ccncc2)c(N)c1N=Nc1cc(C(F)(F)F)cc(C(F)(F)F)c1. The van der Waals surface area contributed by atoms with E-state index in [-0.39, 0.29) is 11.6 Å². The summed E-state index contributed by atoms with van der Waals surface area (Å²) in [6.45, 7) is 0. The number of aromatic nitrogens is 3. The fourth-order valence-corrected chi connectivity index (χ4v) is 2.42. The molecule has 0 amide bonds. The van der Waals surface area contributed by atoms with Crippen LogP contribution in [0.1, 0.15) is 21.5 Å². The second-order valence-electron chi connectivity index (χ2n) is 6.04. The minimum Gasteiger partial charge on any atom is -0.382 e. The zero-order chi connectivity index (χ0) is 23.0. The number of hydrogen-bond donors (Lipinski definition) is 2. The molecular formula is C17H11F6N7O. The quantitative estimate of drug-likeness (QED) is 0.453. The maximum Gasteiger partial charge on any atom is 0.416 e. The van der Waals surface area contributed by atoms with E-state index >= 15 is 0 Å². The third-order valence-corrected chi connectivity index (χ3v) is 3.88. The Morgan fingerprint density at radius 3 is 1.97 bits per heavy atom. The van der Waals surface area contributed by atoms with Crippen molar-refractivity contribution in [2.75, 3.05) is 11.5 Å². The molecule has 1 aromatic carbocycles. The van der Waals surface area contributed by atoms with Crippen molar-refractivity contribution in [2.24, 2.45) is 10.2 Å². The van der Waals surface area contributed by atoms with E-state index in [1.54, 1.807) is 0 Å². The Kier molecular flexibility index (Phi) is 5.40. The molecule has 3 aromatic rings. The predicted molar refractivity (Wildman–Crippen MR) is 95.6 cm³/mol. The first-order valence-electron chi connectivity index (χ1n) is 8.18. The number of carbonyl (C=O) groups excluding carboxylic acids is 1. The first kappa shape index (κ1) is 21.7. The highest BCUT2D eigenvalue weighted by molar-refractivity contribution is 5.98. The van der Waals surface area contributed by atoms with Crippen LogP contribution in [0.15, 0.2) is 53.0 Å². The Hall–Kier alpha value is -3.97. The molecule has 0 radical (unpaired) electrons. The fourth-order valence-electron chi connectivity index (χ4n) is 2.42. The van der Waals surface area contributed by atoms with Gasteiger partial charge in [0.2, 0.25) is 0 Å². The van der Waals surface area contributed by atoms with Gasteiger partial charge in [0, 0.05) is 18.0 Å². The number of benzene rings is 1. The first-order chi connectivity index (χ1) is 14.4. The van der Waals surface area contributed by atoms with Crippen LogP contribution in [-0.4, -0.2) is 20.7 Å². The summed E-state index contributed by atoms with van der Waals surface area (Å²) in [5, 5.41) is 10.6. The minimum atomic E-state index is -5.05. The van der Waals surface area contributed by atoms with Crippen LogP contribution in [0.3, 0.4) is 0 Å². The summed E-state index contributed by atoms with van der Waals surface area (Å²) in [7, 11) is 0. The van der Waals surface area contributed by atoms with Gasteiger partial charge in [-0.2, -0.15) is 36.1 Å². The number of nitrogens with two attached hydrogens (primary N) is 2. The molecule has 162 valence electrons. The molecule has 8 nitrogen and oxygen atoms in total. The molecule has 0 spiro atoms. The maximum atomic E-state index is 12.9. The van der Waals surface area contributed by atoms with Crippen LogP contribution in [0.4, 0.5) is 49.4 Å². The van der Waals surface area contributed by atoms with Gasteiger partial charge in [0.25, 0.3) is 5.91 Å². The van der Waals surface area contributed by atoms with Crippen molar-refractivity contribution in [2.45, 2.75) is 12.4 Å². The van der Waals surface area contributed by atoms with E-state index in [4.69, 9.17) is 11.5 Å². The number of azo groups is 1. The minimum absolute atomic E-state index is 0.0485. The molecule has 2 heterocycles. The molecule has 0 saturated heterocycles. The van der Waals surface area contributed by atoms with E-state index in [0.29, 0.717) is 16.8 Å². The van der Waals surface area contributed by atoms with Gasteiger partial charge in [0.05, 0.1) is 16.8 Å². The van der Waals surface area contributed by atoms with Crippen LogP contribution in [-0.2, 0) is 12.4 Å². The molecule has 0 aliphatic rings. The van der Waals surface area contributed by atoms with Crippen molar-refractivity contribution in [1.82, 2.24) is 14.8 Å². The average Bonchev–Trinajstić information content (AvgIpc) is 2.98. The lowest BCUT2D eigenvalue weighted by Gasteiger charge is -2.12. The molecule has 31 heavy (non-hydrogen) atoms. The number of nitrogen functional groups attached to an aromatic ring is 2. The van der Waals surface area contributed by atoms with Gasteiger partial charge in [0.15, 0.2) is 17.3 Å². The number of carbonyl (C=O) groups is 1. The standard InChI is InChI=1S/C17H11F6N7O/c18-16(19,20)9-5-10(17(21,22)23)7-11(6-9)27-28-12-13(24)29-30(14(12)25)15(31)8-1-3-26-4-2-8/h1-7H,25H2,(H2,24,29). The molecule has 4 N–H and O–H groups in total. The van der Waals surface area contributed by atoms with Crippen molar-refractivity contribution < 1.29 is 31.1 Å². The van der Waals surface area contributed by atoms with E-state index in [0.717, 1.165) is 0 Å². The Morgan fingerprint density at radius 2 is 1.45 bits per heavy atom. The van der Waals surface area contributed by atoms with Crippen molar-refractivity contribution >= 4 is 28.9 Å². The normalized spacial score (nSPS) is 12.5. The van der Waals surface area contributed by atoms with Crippen LogP contribution in [0.25, 0.3) is 0 Å². The van der Waals surface area contributed by atoms with Gasteiger partial charge in [-0.25, -0.2) is 0 Å². The molecule has 14 heteroatoms. The number of rotatable bonds is 3. The summed E-state index contributed by atoms with van der Waals surface area (Å²) in [5.41, 5.74) is 7.26. The van der Waals surface area contributed by atoms with Crippen molar-refractivity contribution in [1.29, 1.82) is 0 Å². The highest BCUT2D eigenvalue weighted by atomic mass is 19.4. The molecule has 2 aromatic heterocycles. The van der Waals surface area contributed by atoms with E-state index in [1.807, 2.05) is 0 Å². The van der Waals surface area contributed by atoms with Gasteiger partial charge in [-0.1, -0.05) is 0 Å². The molecular weight excluding hydrogens is 432 g/mol. The Labute approximate surface area is 169 Å². The van der Waals surface area contributed by atoms with Crippen LogP contribution < -0.4 is 11.5 Å². The lowest BCUT2D eigenvalue weighted by atomic mass is 10.1. The molecule has 3 rings (SSSR count). The number of anilines is 2. The average molecular weight is 443 g/mol. The van der Waals surface area contributed by atoms with Gasteiger partial charge in [-0.05, 0) is 30.3 Å². The Morgan fingerprint density at radius 1 is 0.903 bits per heavy atom. The fraction of sp³-hybridized carbons (Fsp3) is 0.118. The maximum absolute atomic E-state index is 12.9. The molecule has 0 fully saturated rings. The number of halogens is 6. The molecule has 0 aliphatic carbocycles. The molecule has 0 unspecified atom stereocenters. The van der Waals surface area contributed by atoms with Crippen LogP contribution >= 0.6 is 0 Å². The summed E-state index contributed by atoms with van der Waals surface area (Å²) in [4.78, 5) is 16.2. The van der Waals surface area contributed by atoms with E-state index in [2.05, 4.69) is 20.3 Å². The topological polar surface area (TPSA) is 125 Å². The molecule has 0 atom stereocenters. The molecule has 0 aliphatic heterocycles. The largest absolute Gasteiger partial charge is 0.416 e. The lowest BCUT2D eigenvalue weighted by Crippen LogP contribution is -2.16. The number of pyridine rings is 1. The Balaban J connectivity index is 2.01. The van der Waals surface area contributed by atoms with Crippen molar-refractivity contribution in [3.8, 4) is 0 Å². The highest BCUT2D eigenvalue weighted by Crippen LogP contribution is 2.39. The van der Waals surface area contributed by atoms with E-state index in [9.17, 15) is 31.1 Å². The molecule has 0 bridgehead atoms. The van der Waals surface area contributed by atoms with Crippen molar-refractivity contribution in [3.05, 3.63) is 59.4 Å². The second kappa shape index (κ2) is 7.70. The summed E-state index contributed by atoms with van der Waals surface area (Å²) in [5.74, 6) is -1.54. The van der Waals surface area contributed by atoms with Gasteiger partial charge >= 0.3 is 12.4 Å². The lowest BCUT2D eigenvalue weighted by molar-refractivity contribution is -0.143. The summed E-state index contributed by atoms with van der Waals surface area (Å²) in [6, 6.07) is 3.42. The van der Waals surface area contributed by atoms with Crippen molar-refractivity contribution in [3.63, 3.8) is 0 Å². The summed E-state index contributed by atoms with van der Waals surface area (Å²) < 4.78 is 78.3. The van der Waals surface area contributed by atoms with E-state index in [1.165, 1.54) is 24.5 Å². The zero-order valence-electron chi connectivity index (χ0n) is 15.1. The smallest absolute Gasteiger partial charge is 0.382 e. The molecule has 0 saturated carbocycles. The third kappa shape index (κ3) is 4.62. The van der Waals surface area contributed by atoms with E-state index < -0.39 is 52.4 Å². The predicted octanol–water partition coefficient (Wildman–Crippen LogP) is 4.58. The first-order valence-corrected chi connectivity index (χ1v) is 8.18. The third-order valence-electron chi connectivity index (χ3n) is 3.88. The van der Waals surface area contributed by atoms with Crippen LogP contribution in [0.5, 0.6) is 0 Å². The summed E-state index contributed by atoms with van der Waals surface area (Å²) >= 11 is 0. The van der Waals surface area contributed by atoms with Gasteiger partial charge < -0.3 is 11.5 Å². The highest BCUT2D eigenvalue weighted by Gasteiger charge is 2.37. The van der Waals surface area contributed by atoms with Gasteiger partial charge in [-0.3, -0.25) is 9.78 Å². The number of hydrogen-bond acceptors (Lipinski definition) is 7. The van der Waals surface area contributed by atoms with Crippen LogP contribution in [0, 0.1) is 0 Å². The monoisotopic (exact) mass is 443 g/mol. The van der Waals surface area contributed by atoms with Gasteiger partial charge in [-0.15, -0.1) is 10.2 Å². The Bertz CT molecular complexity index is 1120. The van der Waals surface area contributed by atoms with Crippen LogP contribution in [0.2, 0.25) is 0 Å². The second-order valence-corrected chi connectivity index (χ2v) is 6.04. The van der Waals surface area contributed by atoms with Gasteiger partial charge in [0.1, 0.15) is 0 Å². The number of alkyl halides is 6. The number of nitrogens with zero attached hydrogens (tertiary/aromatic N) is 5. The summed E-state index contributed by atoms with van der Waals surface area (Å²) in [6.07, 6.45) is -7.43.